The number of anilines is 1. The molecule has 0 aliphatic rings. The maximum absolute atomic E-state index is 4.46. The number of rotatable bonds is 3. The molecule has 0 atom stereocenters. The molecule has 0 radical (unpaired) electrons. The Kier molecular flexibility index (Phi) is 6.44. The third-order valence-corrected chi connectivity index (χ3v) is 3.35. The van der Waals surface area contributed by atoms with Gasteiger partial charge in [-0.3, -0.25) is 0 Å². The maximum atomic E-state index is 4.46. The molecular formula is C20H28N6. The molecule has 0 saturated heterocycles. The highest BCUT2D eigenvalue weighted by atomic mass is 15.1. The van der Waals surface area contributed by atoms with E-state index < -0.39 is 0 Å². The summed E-state index contributed by atoms with van der Waals surface area (Å²) in [6.07, 6.45) is 5.59. The van der Waals surface area contributed by atoms with Gasteiger partial charge >= 0.3 is 0 Å². The minimum atomic E-state index is 0.596. The van der Waals surface area contributed by atoms with Crippen molar-refractivity contribution in [2.75, 3.05) is 12.4 Å². The van der Waals surface area contributed by atoms with Crippen LogP contribution >= 0.6 is 0 Å². The average molecular weight is 352 g/mol. The van der Waals surface area contributed by atoms with Crippen LogP contribution in [-0.2, 0) is 0 Å². The van der Waals surface area contributed by atoms with Crippen molar-refractivity contribution in [3.8, 4) is 11.1 Å². The molecule has 138 valence electrons. The van der Waals surface area contributed by atoms with Gasteiger partial charge in [-0.1, -0.05) is 20.8 Å². The van der Waals surface area contributed by atoms with Crippen LogP contribution in [0.1, 0.15) is 40.2 Å². The van der Waals surface area contributed by atoms with E-state index in [2.05, 4.69) is 57.1 Å². The predicted molar refractivity (Wildman–Crippen MR) is 110 cm³/mol. The van der Waals surface area contributed by atoms with Crippen molar-refractivity contribution >= 4 is 28.5 Å². The Hall–Kier alpha value is -2.76. The Labute approximate surface area is 155 Å². The highest BCUT2D eigenvalue weighted by Gasteiger charge is 2.10. The number of fused-ring (bicyclic) bond motifs is 1. The van der Waals surface area contributed by atoms with E-state index in [1.165, 1.54) is 0 Å². The van der Waals surface area contributed by atoms with Gasteiger partial charge in [-0.2, -0.15) is 4.98 Å². The van der Waals surface area contributed by atoms with E-state index in [0.717, 1.165) is 45.2 Å². The van der Waals surface area contributed by atoms with Gasteiger partial charge in [-0.05, 0) is 38.3 Å². The first-order valence-corrected chi connectivity index (χ1v) is 8.82. The van der Waals surface area contributed by atoms with Crippen LogP contribution in [-0.4, -0.2) is 32.7 Å². The summed E-state index contributed by atoms with van der Waals surface area (Å²) in [6.45, 7) is 12.4. The van der Waals surface area contributed by atoms with Crippen LogP contribution in [0, 0.1) is 12.8 Å². The summed E-state index contributed by atoms with van der Waals surface area (Å²) in [5.74, 6) is 2.19. The van der Waals surface area contributed by atoms with E-state index in [1.807, 2.05) is 39.4 Å². The highest BCUT2D eigenvalue weighted by molar-refractivity contribution is 5.93. The topological polar surface area (TPSA) is 78.9 Å². The van der Waals surface area contributed by atoms with E-state index >= 15 is 0 Å². The first-order chi connectivity index (χ1) is 12.3. The number of aromatic nitrogens is 4. The van der Waals surface area contributed by atoms with Gasteiger partial charge in [0.25, 0.3) is 0 Å². The SMILES string of the molecule is CC(C)C.CNc1ncc2c(-c3cnc(N=C(C)C)c(C)c3)c[nH]c2n1. The van der Waals surface area contributed by atoms with Crippen LogP contribution in [0.4, 0.5) is 11.8 Å². The lowest BCUT2D eigenvalue weighted by Crippen LogP contribution is -1.95. The number of pyridine rings is 1. The van der Waals surface area contributed by atoms with E-state index in [4.69, 9.17) is 0 Å². The number of aryl methyl sites for hydroxylation is 1. The Morgan fingerprint density at radius 1 is 1.15 bits per heavy atom. The number of hydrogen-bond acceptors (Lipinski definition) is 5. The Morgan fingerprint density at radius 2 is 1.85 bits per heavy atom. The molecule has 0 amide bonds. The molecule has 0 aromatic carbocycles. The van der Waals surface area contributed by atoms with E-state index in [9.17, 15) is 0 Å². The molecule has 0 unspecified atom stereocenters. The Bertz CT molecular complexity index is 901. The first kappa shape index (κ1) is 19.6. The van der Waals surface area contributed by atoms with Crippen molar-refractivity contribution in [3.05, 3.63) is 30.2 Å². The summed E-state index contributed by atoms with van der Waals surface area (Å²) in [7, 11) is 1.80. The van der Waals surface area contributed by atoms with Gasteiger partial charge in [0, 0.05) is 47.9 Å². The summed E-state index contributed by atoms with van der Waals surface area (Å²) in [4.78, 5) is 20.8. The number of aromatic amines is 1. The van der Waals surface area contributed by atoms with Gasteiger partial charge in [-0.25, -0.2) is 15.0 Å². The van der Waals surface area contributed by atoms with Crippen molar-refractivity contribution in [3.63, 3.8) is 0 Å². The van der Waals surface area contributed by atoms with Crippen LogP contribution < -0.4 is 5.32 Å². The van der Waals surface area contributed by atoms with Gasteiger partial charge in [0.1, 0.15) is 5.65 Å². The molecule has 3 aromatic heterocycles. The molecule has 26 heavy (non-hydrogen) atoms. The molecule has 0 aliphatic heterocycles. The maximum Gasteiger partial charge on any atom is 0.224 e. The lowest BCUT2D eigenvalue weighted by atomic mass is 10.1. The van der Waals surface area contributed by atoms with Crippen LogP contribution in [0.5, 0.6) is 0 Å². The van der Waals surface area contributed by atoms with Crippen molar-refractivity contribution in [2.24, 2.45) is 10.9 Å². The Balaban J connectivity index is 0.000000552. The number of nitrogens with one attached hydrogen (secondary N) is 2. The average Bonchev–Trinajstić information content (AvgIpc) is 2.98. The van der Waals surface area contributed by atoms with Gasteiger partial charge in [0.05, 0.1) is 0 Å². The summed E-state index contributed by atoms with van der Waals surface area (Å²) in [5, 5.41) is 3.91. The van der Waals surface area contributed by atoms with Crippen molar-refractivity contribution < 1.29 is 0 Å². The fourth-order valence-electron chi connectivity index (χ4n) is 2.31. The van der Waals surface area contributed by atoms with Gasteiger partial charge in [0.15, 0.2) is 5.82 Å². The molecule has 3 aromatic rings. The molecule has 6 heteroatoms. The second-order valence-electron chi connectivity index (χ2n) is 7.06. The summed E-state index contributed by atoms with van der Waals surface area (Å²) in [6, 6.07) is 2.09. The monoisotopic (exact) mass is 352 g/mol. The second kappa shape index (κ2) is 8.56. The third kappa shape index (κ3) is 4.88. The van der Waals surface area contributed by atoms with E-state index in [0.29, 0.717) is 5.95 Å². The van der Waals surface area contributed by atoms with Crippen LogP contribution in [0.25, 0.3) is 22.2 Å². The zero-order chi connectivity index (χ0) is 19.3. The molecule has 3 heterocycles. The zero-order valence-corrected chi connectivity index (χ0v) is 16.7. The minimum absolute atomic E-state index is 0.596. The standard InChI is InChI=1S/C16H18N6.C4H10/c1-9(2)21-14-10(3)5-11(6-18-14)12-7-19-15-13(12)8-20-16(17-4)22-15;1-4(2)3/h5-8H,1-4H3,(H2,17,19,20,22);4H,1-3H3. The number of H-pyrrole nitrogens is 1. The second-order valence-corrected chi connectivity index (χ2v) is 7.06. The summed E-state index contributed by atoms with van der Waals surface area (Å²) in [5.41, 5.74) is 4.90. The zero-order valence-electron chi connectivity index (χ0n) is 16.7. The van der Waals surface area contributed by atoms with Gasteiger partial charge in [-0.15, -0.1) is 0 Å². The van der Waals surface area contributed by atoms with Crippen molar-refractivity contribution in [1.82, 2.24) is 19.9 Å². The predicted octanol–water partition coefficient (Wildman–Crippen LogP) is 5.14. The van der Waals surface area contributed by atoms with Crippen molar-refractivity contribution in [1.29, 1.82) is 0 Å². The third-order valence-electron chi connectivity index (χ3n) is 3.35. The molecule has 0 bridgehead atoms. The lowest BCUT2D eigenvalue weighted by molar-refractivity contribution is 0.737. The fourth-order valence-corrected chi connectivity index (χ4v) is 2.31. The lowest BCUT2D eigenvalue weighted by Gasteiger charge is -2.04. The van der Waals surface area contributed by atoms with Crippen LogP contribution in [0.3, 0.4) is 0 Å². The molecule has 6 nitrogen and oxygen atoms in total. The summed E-state index contributed by atoms with van der Waals surface area (Å²) < 4.78 is 0. The molecule has 0 spiro atoms. The Morgan fingerprint density at radius 3 is 2.42 bits per heavy atom. The van der Waals surface area contributed by atoms with Crippen molar-refractivity contribution in [2.45, 2.75) is 41.5 Å². The largest absolute Gasteiger partial charge is 0.357 e. The number of hydrogen-bond donors (Lipinski definition) is 2. The minimum Gasteiger partial charge on any atom is -0.357 e. The van der Waals surface area contributed by atoms with Gasteiger partial charge < -0.3 is 10.3 Å². The highest BCUT2D eigenvalue weighted by Crippen LogP contribution is 2.29. The molecule has 0 fully saturated rings. The smallest absolute Gasteiger partial charge is 0.224 e. The molecule has 0 aliphatic carbocycles. The van der Waals surface area contributed by atoms with E-state index in [1.54, 1.807) is 7.05 Å². The normalized spacial score (nSPS) is 10.5. The molecule has 3 rings (SSSR count). The van der Waals surface area contributed by atoms with E-state index in [-0.39, 0.29) is 0 Å². The summed E-state index contributed by atoms with van der Waals surface area (Å²) >= 11 is 0. The number of aliphatic imine (C=N–C) groups is 1. The quantitative estimate of drug-likeness (QED) is 0.639. The first-order valence-electron chi connectivity index (χ1n) is 8.82. The van der Waals surface area contributed by atoms with Crippen LogP contribution in [0.2, 0.25) is 0 Å². The molecule has 2 N–H and O–H groups in total. The number of nitrogens with zero attached hydrogens (tertiary/aromatic N) is 4. The fraction of sp³-hybridized carbons (Fsp3) is 0.400. The van der Waals surface area contributed by atoms with Gasteiger partial charge in [0.2, 0.25) is 5.95 Å². The molecule has 0 saturated carbocycles. The van der Waals surface area contributed by atoms with Crippen LogP contribution in [0.15, 0.2) is 29.6 Å². The molecular weight excluding hydrogens is 324 g/mol.